The maximum absolute atomic E-state index is 13.7. The van der Waals surface area contributed by atoms with Gasteiger partial charge in [-0.3, -0.25) is 9.59 Å². The number of carboxylic acids is 1. The average molecular weight is 362 g/mol. The number of amides is 1. The van der Waals surface area contributed by atoms with Crippen molar-refractivity contribution in [1.29, 1.82) is 0 Å². The molecular formula is C19H17ClFNO3. The predicted molar refractivity (Wildman–Crippen MR) is 92.4 cm³/mol. The van der Waals surface area contributed by atoms with Gasteiger partial charge in [-0.05, 0) is 42.3 Å². The molecule has 0 radical (unpaired) electrons. The van der Waals surface area contributed by atoms with E-state index in [2.05, 4.69) is 0 Å². The number of nitrogens with zero attached hydrogens (tertiary/aromatic N) is 1. The van der Waals surface area contributed by atoms with Gasteiger partial charge in [-0.15, -0.1) is 0 Å². The lowest BCUT2D eigenvalue weighted by atomic mass is 9.89. The van der Waals surface area contributed by atoms with Crippen molar-refractivity contribution in [3.63, 3.8) is 0 Å². The van der Waals surface area contributed by atoms with E-state index in [1.165, 1.54) is 17.0 Å². The fourth-order valence-electron chi connectivity index (χ4n) is 3.28. The number of halogens is 2. The summed E-state index contributed by atoms with van der Waals surface area (Å²) in [4.78, 5) is 25.9. The molecular weight excluding hydrogens is 345 g/mol. The van der Waals surface area contributed by atoms with Crippen LogP contribution in [0.2, 0.25) is 5.02 Å². The maximum Gasteiger partial charge on any atom is 0.308 e. The van der Waals surface area contributed by atoms with Crippen LogP contribution in [0.15, 0.2) is 42.5 Å². The molecule has 0 aliphatic carbocycles. The number of hydrogen-bond acceptors (Lipinski definition) is 2. The first-order valence-corrected chi connectivity index (χ1v) is 8.29. The normalized spacial score (nSPS) is 19.9. The second-order valence-corrected chi connectivity index (χ2v) is 6.66. The van der Waals surface area contributed by atoms with Crippen LogP contribution in [0.1, 0.15) is 27.4 Å². The van der Waals surface area contributed by atoms with Crippen molar-refractivity contribution in [3.05, 3.63) is 70.0 Å². The van der Waals surface area contributed by atoms with Crippen molar-refractivity contribution < 1.29 is 19.1 Å². The second kappa shape index (κ2) is 6.84. The highest BCUT2D eigenvalue weighted by Gasteiger charge is 2.40. The quantitative estimate of drug-likeness (QED) is 0.906. The average Bonchev–Trinajstić information content (AvgIpc) is 3.03. The van der Waals surface area contributed by atoms with Crippen LogP contribution >= 0.6 is 11.6 Å². The Balaban J connectivity index is 1.89. The van der Waals surface area contributed by atoms with Crippen LogP contribution in [0.5, 0.6) is 0 Å². The molecule has 0 saturated carbocycles. The van der Waals surface area contributed by atoms with Crippen LogP contribution in [0.3, 0.4) is 0 Å². The molecule has 0 aromatic heterocycles. The molecule has 130 valence electrons. The SMILES string of the molecule is Cc1c(F)cccc1C(=O)N1C[C@@H](C(=O)O)[C@H](c2ccc(Cl)cc2)C1. The second-order valence-electron chi connectivity index (χ2n) is 6.23. The number of benzene rings is 2. The van der Waals surface area contributed by atoms with Gasteiger partial charge in [-0.2, -0.15) is 0 Å². The molecule has 1 saturated heterocycles. The fourth-order valence-corrected chi connectivity index (χ4v) is 3.40. The highest BCUT2D eigenvalue weighted by Crippen LogP contribution is 2.34. The first-order valence-electron chi connectivity index (χ1n) is 7.91. The predicted octanol–water partition coefficient (Wildman–Crippen LogP) is 3.73. The van der Waals surface area contributed by atoms with Gasteiger partial charge in [-0.1, -0.05) is 29.8 Å². The summed E-state index contributed by atoms with van der Waals surface area (Å²) in [5.41, 5.74) is 1.36. The van der Waals surface area contributed by atoms with E-state index in [0.717, 1.165) is 5.56 Å². The smallest absolute Gasteiger partial charge is 0.308 e. The molecule has 6 heteroatoms. The van der Waals surface area contributed by atoms with Crippen LogP contribution in [0.25, 0.3) is 0 Å². The van der Waals surface area contributed by atoms with Gasteiger partial charge in [0.15, 0.2) is 0 Å². The summed E-state index contributed by atoms with van der Waals surface area (Å²) in [6.45, 7) is 1.91. The van der Waals surface area contributed by atoms with Crippen LogP contribution < -0.4 is 0 Å². The van der Waals surface area contributed by atoms with Gasteiger partial charge < -0.3 is 10.0 Å². The number of carboxylic acid groups (broad SMARTS) is 1. The first kappa shape index (κ1) is 17.4. The van der Waals surface area contributed by atoms with Gasteiger partial charge in [0, 0.05) is 29.6 Å². The molecule has 1 aliphatic heterocycles. The summed E-state index contributed by atoms with van der Waals surface area (Å²) in [7, 11) is 0. The Morgan fingerprint density at radius 1 is 1.16 bits per heavy atom. The minimum absolute atomic E-state index is 0.0947. The zero-order valence-electron chi connectivity index (χ0n) is 13.6. The Morgan fingerprint density at radius 2 is 1.84 bits per heavy atom. The lowest BCUT2D eigenvalue weighted by Gasteiger charge is -2.18. The molecule has 0 spiro atoms. The summed E-state index contributed by atoms with van der Waals surface area (Å²) in [5.74, 6) is -2.79. The molecule has 4 nitrogen and oxygen atoms in total. The van der Waals surface area contributed by atoms with E-state index in [-0.39, 0.29) is 36.0 Å². The standard InChI is InChI=1S/C19H17ClFNO3/c1-11-14(3-2-4-17(11)21)18(23)22-9-15(16(10-22)19(24)25)12-5-7-13(20)8-6-12/h2-8,15-16H,9-10H2,1H3,(H,24,25)/t15-,16+/m0/s1. The molecule has 0 bridgehead atoms. The lowest BCUT2D eigenvalue weighted by Crippen LogP contribution is -2.30. The number of hydrogen-bond donors (Lipinski definition) is 1. The zero-order valence-corrected chi connectivity index (χ0v) is 14.3. The summed E-state index contributed by atoms with van der Waals surface area (Å²) in [5, 5.41) is 10.1. The first-order chi connectivity index (χ1) is 11.9. The number of aliphatic carboxylic acids is 1. The molecule has 2 atom stereocenters. The third-order valence-corrected chi connectivity index (χ3v) is 4.97. The van der Waals surface area contributed by atoms with Crippen LogP contribution in [0, 0.1) is 18.7 Å². The minimum atomic E-state index is -0.953. The van der Waals surface area contributed by atoms with E-state index in [9.17, 15) is 19.1 Å². The molecule has 1 aliphatic rings. The Kier molecular flexibility index (Phi) is 4.77. The Morgan fingerprint density at radius 3 is 2.48 bits per heavy atom. The van der Waals surface area contributed by atoms with E-state index in [4.69, 9.17) is 11.6 Å². The third-order valence-electron chi connectivity index (χ3n) is 4.72. The summed E-state index contributed by atoms with van der Waals surface area (Å²) >= 11 is 5.89. The lowest BCUT2D eigenvalue weighted by molar-refractivity contribution is -0.141. The van der Waals surface area contributed by atoms with Crippen molar-refractivity contribution in [2.75, 3.05) is 13.1 Å². The molecule has 3 rings (SSSR count). The topological polar surface area (TPSA) is 57.6 Å². The molecule has 1 fully saturated rings. The largest absolute Gasteiger partial charge is 0.481 e. The Bertz CT molecular complexity index is 822. The summed E-state index contributed by atoms with van der Waals surface area (Å²) in [6, 6.07) is 11.3. The Hall–Kier alpha value is -2.40. The minimum Gasteiger partial charge on any atom is -0.481 e. The van der Waals surface area contributed by atoms with Gasteiger partial charge in [0.2, 0.25) is 0 Å². The fraction of sp³-hybridized carbons (Fsp3) is 0.263. The van der Waals surface area contributed by atoms with E-state index in [0.29, 0.717) is 5.02 Å². The van der Waals surface area contributed by atoms with Crippen LogP contribution in [-0.4, -0.2) is 35.0 Å². The summed E-state index contributed by atoms with van der Waals surface area (Å²) < 4.78 is 13.7. The highest BCUT2D eigenvalue weighted by molar-refractivity contribution is 6.30. The van der Waals surface area contributed by atoms with E-state index < -0.39 is 17.7 Å². The molecule has 2 aromatic carbocycles. The van der Waals surface area contributed by atoms with Crippen molar-refractivity contribution in [3.8, 4) is 0 Å². The van der Waals surface area contributed by atoms with E-state index in [1.54, 1.807) is 37.3 Å². The van der Waals surface area contributed by atoms with Crippen LogP contribution in [-0.2, 0) is 4.79 Å². The van der Waals surface area contributed by atoms with Gasteiger partial charge in [0.25, 0.3) is 5.91 Å². The molecule has 0 unspecified atom stereocenters. The third kappa shape index (κ3) is 3.37. The van der Waals surface area contributed by atoms with Gasteiger partial charge >= 0.3 is 5.97 Å². The molecule has 1 heterocycles. The zero-order chi connectivity index (χ0) is 18.1. The monoisotopic (exact) mass is 361 g/mol. The van der Waals surface area contributed by atoms with E-state index >= 15 is 0 Å². The molecule has 1 N–H and O–H groups in total. The Labute approximate surface area is 149 Å². The van der Waals surface area contributed by atoms with Crippen molar-refractivity contribution in [2.24, 2.45) is 5.92 Å². The number of likely N-dealkylation sites (tertiary alicyclic amines) is 1. The van der Waals surface area contributed by atoms with Gasteiger partial charge in [-0.25, -0.2) is 4.39 Å². The number of rotatable bonds is 3. The highest BCUT2D eigenvalue weighted by atomic mass is 35.5. The van der Waals surface area contributed by atoms with Crippen molar-refractivity contribution >= 4 is 23.5 Å². The van der Waals surface area contributed by atoms with Crippen LogP contribution in [0.4, 0.5) is 4.39 Å². The molecule has 25 heavy (non-hydrogen) atoms. The number of carbonyl (C=O) groups excluding carboxylic acids is 1. The van der Waals surface area contributed by atoms with Crippen molar-refractivity contribution in [2.45, 2.75) is 12.8 Å². The summed E-state index contributed by atoms with van der Waals surface area (Å²) in [6.07, 6.45) is 0. The maximum atomic E-state index is 13.7. The van der Waals surface area contributed by atoms with Crippen molar-refractivity contribution in [1.82, 2.24) is 4.90 Å². The van der Waals surface area contributed by atoms with Gasteiger partial charge in [0.05, 0.1) is 5.92 Å². The molecule has 1 amide bonds. The number of carbonyl (C=O) groups is 2. The molecule has 2 aromatic rings. The van der Waals surface area contributed by atoms with E-state index in [1.807, 2.05) is 0 Å². The van der Waals surface area contributed by atoms with Gasteiger partial charge in [0.1, 0.15) is 5.82 Å².